The van der Waals surface area contributed by atoms with E-state index in [9.17, 15) is 13.2 Å². The number of carbonyl (C=O) groups is 1. The van der Waals surface area contributed by atoms with Gasteiger partial charge in [0, 0.05) is 36.5 Å². The molecule has 2 aromatic rings. The van der Waals surface area contributed by atoms with Crippen molar-refractivity contribution in [3.05, 3.63) is 46.2 Å². The van der Waals surface area contributed by atoms with Crippen LogP contribution < -0.4 is 5.32 Å². The first-order valence-electron chi connectivity index (χ1n) is 9.35. The maximum absolute atomic E-state index is 13.1. The molecule has 2 heterocycles. The lowest BCUT2D eigenvalue weighted by Gasteiger charge is -2.29. The molecule has 0 bridgehead atoms. The molecule has 1 aromatic heterocycles. The lowest BCUT2D eigenvalue weighted by Crippen LogP contribution is -2.38. The Kier molecular flexibility index (Phi) is 5.89. The van der Waals surface area contributed by atoms with Crippen molar-refractivity contribution in [3.8, 4) is 0 Å². The third kappa shape index (κ3) is 3.97. The first kappa shape index (κ1) is 20.9. The maximum Gasteiger partial charge on any atom is 0.272 e. The molecule has 1 N–H and O–H groups in total. The molecular weight excluding hydrogens is 398 g/mol. The van der Waals surface area contributed by atoms with Gasteiger partial charge in [0.1, 0.15) is 10.6 Å². The summed E-state index contributed by atoms with van der Waals surface area (Å²) in [6.07, 6.45) is 1.71. The molecule has 0 radical (unpaired) electrons. The number of sulfonamides is 1. The molecule has 1 amide bonds. The van der Waals surface area contributed by atoms with E-state index < -0.39 is 10.0 Å². The number of nitrogens with zero attached hydrogens (tertiary/aromatic N) is 2. The first-order valence-corrected chi connectivity index (χ1v) is 11.2. The van der Waals surface area contributed by atoms with Crippen LogP contribution >= 0.6 is 11.6 Å². The predicted octanol–water partition coefficient (Wildman–Crippen LogP) is 3.97. The van der Waals surface area contributed by atoms with Gasteiger partial charge in [-0.05, 0) is 56.4 Å². The zero-order valence-corrected chi connectivity index (χ0v) is 18.2. The standard InChI is InChI=1S/C20H26ClN3O3S/c1-13-7-9-24(10-8-13)28(26,27)19-12-18(23(4)15(19)3)20(25)22-16-6-5-14(2)17(21)11-16/h5-6,11-13H,7-10H2,1-4H3,(H,22,25). The Bertz CT molecular complexity index is 1010. The molecule has 8 heteroatoms. The van der Waals surface area contributed by atoms with Crippen LogP contribution in [0.5, 0.6) is 0 Å². The number of rotatable bonds is 4. The minimum absolute atomic E-state index is 0.191. The molecule has 1 aromatic carbocycles. The van der Waals surface area contributed by atoms with Gasteiger partial charge in [-0.3, -0.25) is 4.79 Å². The molecule has 6 nitrogen and oxygen atoms in total. The number of carbonyl (C=O) groups excluding carboxylic acids is 1. The zero-order chi connectivity index (χ0) is 20.6. The van der Waals surface area contributed by atoms with Crippen LogP contribution in [0.4, 0.5) is 5.69 Å². The normalized spacial score (nSPS) is 16.3. The quantitative estimate of drug-likeness (QED) is 0.808. The number of piperidine rings is 1. The number of hydrogen-bond donors (Lipinski definition) is 1. The smallest absolute Gasteiger partial charge is 0.272 e. The number of aryl methyl sites for hydroxylation is 1. The van der Waals surface area contributed by atoms with Crippen LogP contribution in [-0.4, -0.2) is 36.3 Å². The Hall–Kier alpha value is -1.83. The molecule has 0 unspecified atom stereocenters. The number of aromatic nitrogens is 1. The van der Waals surface area contributed by atoms with Crippen LogP contribution in [0.25, 0.3) is 0 Å². The van der Waals surface area contributed by atoms with Crippen molar-refractivity contribution in [1.29, 1.82) is 0 Å². The van der Waals surface area contributed by atoms with E-state index in [2.05, 4.69) is 12.2 Å². The van der Waals surface area contributed by atoms with Crippen molar-refractivity contribution in [2.75, 3.05) is 18.4 Å². The van der Waals surface area contributed by atoms with Gasteiger partial charge in [-0.25, -0.2) is 8.42 Å². The zero-order valence-electron chi connectivity index (χ0n) is 16.6. The van der Waals surface area contributed by atoms with Crippen LogP contribution in [0.3, 0.4) is 0 Å². The maximum atomic E-state index is 13.1. The van der Waals surface area contributed by atoms with Gasteiger partial charge in [-0.15, -0.1) is 0 Å². The van der Waals surface area contributed by atoms with Crippen LogP contribution in [0, 0.1) is 19.8 Å². The third-order valence-electron chi connectivity index (χ3n) is 5.51. The monoisotopic (exact) mass is 423 g/mol. The number of anilines is 1. The van der Waals surface area contributed by atoms with Crippen molar-refractivity contribution in [2.45, 2.75) is 38.5 Å². The SMILES string of the molecule is Cc1ccc(NC(=O)c2cc(S(=O)(=O)N3CCC(C)CC3)c(C)n2C)cc1Cl. The van der Waals surface area contributed by atoms with Crippen molar-refractivity contribution < 1.29 is 13.2 Å². The molecule has 1 fully saturated rings. The van der Waals surface area contributed by atoms with E-state index in [0.717, 1.165) is 18.4 Å². The molecule has 28 heavy (non-hydrogen) atoms. The lowest BCUT2D eigenvalue weighted by molar-refractivity contribution is 0.101. The molecule has 0 atom stereocenters. The number of halogens is 1. The Morgan fingerprint density at radius 2 is 1.82 bits per heavy atom. The summed E-state index contributed by atoms with van der Waals surface area (Å²) in [6, 6.07) is 6.73. The summed E-state index contributed by atoms with van der Waals surface area (Å²) >= 11 is 6.12. The van der Waals surface area contributed by atoms with Crippen LogP contribution in [0.1, 0.15) is 41.5 Å². The highest BCUT2D eigenvalue weighted by Crippen LogP contribution is 2.28. The minimum atomic E-state index is -3.63. The van der Waals surface area contributed by atoms with Crippen LogP contribution in [-0.2, 0) is 17.1 Å². The fourth-order valence-electron chi connectivity index (χ4n) is 3.38. The highest BCUT2D eigenvalue weighted by atomic mass is 35.5. The molecule has 1 aliphatic heterocycles. The summed E-state index contributed by atoms with van der Waals surface area (Å²) < 4.78 is 29.4. The number of amides is 1. The van der Waals surface area contributed by atoms with Crippen LogP contribution in [0.2, 0.25) is 5.02 Å². The van der Waals surface area contributed by atoms with E-state index in [1.54, 1.807) is 30.7 Å². The average molecular weight is 424 g/mol. The highest BCUT2D eigenvalue weighted by Gasteiger charge is 2.32. The topological polar surface area (TPSA) is 71.4 Å². The van der Waals surface area contributed by atoms with Gasteiger partial charge in [0.05, 0.1) is 0 Å². The summed E-state index contributed by atoms with van der Waals surface area (Å²) in [5.74, 6) is 0.158. The van der Waals surface area contributed by atoms with Gasteiger partial charge in [-0.1, -0.05) is 24.6 Å². The van der Waals surface area contributed by atoms with Crippen molar-refractivity contribution >= 4 is 33.2 Å². The Morgan fingerprint density at radius 3 is 2.43 bits per heavy atom. The van der Waals surface area contributed by atoms with Gasteiger partial charge in [-0.2, -0.15) is 4.31 Å². The second-order valence-electron chi connectivity index (χ2n) is 7.54. The van der Waals surface area contributed by atoms with E-state index in [0.29, 0.717) is 35.4 Å². The predicted molar refractivity (Wildman–Crippen MR) is 111 cm³/mol. The first-order chi connectivity index (χ1) is 13.1. The molecule has 152 valence electrons. The van der Waals surface area contributed by atoms with E-state index in [1.807, 2.05) is 13.0 Å². The second kappa shape index (κ2) is 7.89. The second-order valence-corrected chi connectivity index (χ2v) is 9.86. The van der Waals surface area contributed by atoms with E-state index in [-0.39, 0.29) is 16.5 Å². The van der Waals surface area contributed by atoms with E-state index in [4.69, 9.17) is 11.6 Å². The fourth-order valence-corrected chi connectivity index (χ4v) is 5.30. The average Bonchev–Trinajstić information content (AvgIpc) is 2.94. The molecule has 0 spiro atoms. The third-order valence-corrected chi connectivity index (χ3v) is 7.93. The van der Waals surface area contributed by atoms with Crippen molar-refractivity contribution in [2.24, 2.45) is 13.0 Å². The van der Waals surface area contributed by atoms with Gasteiger partial charge in [0.2, 0.25) is 10.0 Å². The number of nitrogens with one attached hydrogen (secondary N) is 1. The Balaban J connectivity index is 1.88. The minimum Gasteiger partial charge on any atom is -0.343 e. The largest absolute Gasteiger partial charge is 0.343 e. The van der Waals surface area contributed by atoms with Gasteiger partial charge in [0.15, 0.2) is 0 Å². The Labute approximate surface area is 171 Å². The van der Waals surface area contributed by atoms with Crippen molar-refractivity contribution in [1.82, 2.24) is 8.87 Å². The summed E-state index contributed by atoms with van der Waals surface area (Å²) in [5.41, 5.74) is 2.32. The number of benzene rings is 1. The molecule has 0 aliphatic carbocycles. The molecular formula is C20H26ClN3O3S. The summed E-state index contributed by atoms with van der Waals surface area (Å²) in [4.78, 5) is 13.0. The molecule has 0 saturated carbocycles. The molecule has 3 rings (SSSR count). The van der Waals surface area contributed by atoms with Crippen molar-refractivity contribution in [3.63, 3.8) is 0 Å². The Morgan fingerprint density at radius 1 is 1.18 bits per heavy atom. The lowest BCUT2D eigenvalue weighted by atomic mass is 10.0. The fraction of sp³-hybridized carbons (Fsp3) is 0.450. The molecule has 1 aliphatic rings. The van der Waals surface area contributed by atoms with Gasteiger partial charge < -0.3 is 9.88 Å². The summed E-state index contributed by atoms with van der Waals surface area (Å²) in [5, 5.41) is 3.35. The van der Waals surface area contributed by atoms with Gasteiger partial charge in [0.25, 0.3) is 5.91 Å². The van der Waals surface area contributed by atoms with Crippen LogP contribution in [0.15, 0.2) is 29.2 Å². The van der Waals surface area contributed by atoms with E-state index >= 15 is 0 Å². The summed E-state index contributed by atoms with van der Waals surface area (Å²) in [7, 11) is -1.93. The van der Waals surface area contributed by atoms with E-state index in [1.165, 1.54) is 10.4 Å². The highest BCUT2D eigenvalue weighted by molar-refractivity contribution is 7.89. The number of hydrogen-bond acceptors (Lipinski definition) is 3. The van der Waals surface area contributed by atoms with Gasteiger partial charge >= 0.3 is 0 Å². The molecule has 1 saturated heterocycles. The summed E-state index contributed by atoms with van der Waals surface area (Å²) in [6.45, 7) is 6.77.